The van der Waals surface area contributed by atoms with E-state index in [2.05, 4.69) is 42.2 Å². The fourth-order valence-electron chi connectivity index (χ4n) is 4.36. The summed E-state index contributed by atoms with van der Waals surface area (Å²) in [7, 11) is 0. The summed E-state index contributed by atoms with van der Waals surface area (Å²) in [6.45, 7) is 6.21. The molecule has 2 fully saturated rings. The second kappa shape index (κ2) is 6.89. The topological polar surface area (TPSA) is 21.7 Å². The standard InChI is InChI=1S/C21H29NO2/c1-2-17-5-4-12-22(16-17)20-7-3-6-19(15-20)18-8-10-21(11-9-18)23-13-14-24-21/h3,6-8,15,17H,2,4-5,9-14,16H2,1H3. The van der Waals surface area contributed by atoms with Crippen molar-refractivity contribution in [3.8, 4) is 0 Å². The number of hydrogen-bond donors (Lipinski definition) is 0. The molecule has 1 aromatic carbocycles. The lowest BCUT2D eigenvalue weighted by Gasteiger charge is -2.34. The Labute approximate surface area is 145 Å². The van der Waals surface area contributed by atoms with Gasteiger partial charge in [-0.3, -0.25) is 0 Å². The van der Waals surface area contributed by atoms with Crippen molar-refractivity contribution in [3.05, 3.63) is 35.9 Å². The van der Waals surface area contributed by atoms with E-state index in [0.29, 0.717) is 0 Å². The quantitative estimate of drug-likeness (QED) is 0.808. The van der Waals surface area contributed by atoms with E-state index in [1.165, 1.54) is 49.2 Å². The molecule has 0 aromatic heterocycles. The minimum atomic E-state index is -0.317. The van der Waals surface area contributed by atoms with Crippen LogP contribution in [0.5, 0.6) is 0 Å². The summed E-state index contributed by atoms with van der Waals surface area (Å²) in [6.07, 6.45) is 9.24. The summed E-state index contributed by atoms with van der Waals surface area (Å²) in [5.41, 5.74) is 4.21. The predicted octanol–water partition coefficient (Wildman–Crippen LogP) is 4.62. The van der Waals surface area contributed by atoms with Gasteiger partial charge in [-0.05, 0) is 48.4 Å². The van der Waals surface area contributed by atoms with Gasteiger partial charge in [0.15, 0.2) is 5.79 Å². The molecule has 0 N–H and O–H groups in total. The lowest BCUT2D eigenvalue weighted by atomic mass is 9.89. The number of piperidine rings is 1. The summed E-state index contributed by atoms with van der Waals surface area (Å²) < 4.78 is 11.7. The third kappa shape index (κ3) is 3.25. The Bertz CT molecular complexity index is 604. The molecule has 0 bridgehead atoms. The highest BCUT2D eigenvalue weighted by Crippen LogP contribution is 2.39. The average molecular weight is 327 g/mol. The maximum Gasteiger partial charge on any atom is 0.172 e. The van der Waals surface area contributed by atoms with Crippen molar-refractivity contribution in [1.82, 2.24) is 0 Å². The summed E-state index contributed by atoms with van der Waals surface area (Å²) in [5, 5.41) is 0. The fraction of sp³-hybridized carbons (Fsp3) is 0.619. The molecule has 0 amide bonds. The van der Waals surface area contributed by atoms with E-state index in [0.717, 1.165) is 38.4 Å². The van der Waals surface area contributed by atoms with Crippen LogP contribution in [0.15, 0.2) is 30.3 Å². The van der Waals surface area contributed by atoms with Gasteiger partial charge in [-0.2, -0.15) is 0 Å². The van der Waals surface area contributed by atoms with E-state index in [4.69, 9.17) is 9.47 Å². The van der Waals surface area contributed by atoms with Crippen LogP contribution in [0.2, 0.25) is 0 Å². The van der Waals surface area contributed by atoms with Gasteiger partial charge >= 0.3 is 0 Å². The predicted molar refractivity (Wildman–Crippen MR) is 98.1 cm³/mol. The van der Waals surface area contributed by atoms with E-state index in [1.807, 2.05) is 0 Å². The van der Waals surface area contributed by atoms with Crippen LogP contribution in [-0.4, -0.2) is 32.1 Å². The first kappa shape index (κ1) is 16.2. The molecule has 0 saturated carbocycles. The number of anilines is 1. The number of allylic oxidation sites excluding steroid dienone is 1. The third-order valence-corrected chi connectivity index (χ3v) is 5.93. The highest BCUT2D eigenvalue weighted by atomic mass is 16.7. The normalized spacial score (nSPS) is 26.6. The highest BCUT2D eigenvalue weighted by Gasteiger charge is 2.37. The minimum absolute atomic E-state index is 0.317. The van der Waals surface area contributed by atoms with Crippen molar-refractivity contribution in [2.75, 3.05) is 31.2 Å². The van der Waals surface area contributed by atoms with Crippen LogP contribution in [-0.2, 0) is 9.47 Å². The van der Waals surface area contributed by atoms with Crippen LogP contribution in [0, 0.1) is 5.92 Å². The molecule has 4 rings (SSSR count). The molecule has 0 radical (unpaired) electrons. The Kier molecular flexibility index (Phi) is 4.64. The molecule has 3 aliphatic rings. The number of ether oxygens (including phenoxy) is 2. The molecule has 3 heteroatoms. The van der Waals surface area contributed by atoms with E-state index in [9.17, 15) is 0 Å². The molecule has 1 aromatic rings. The van der Waals surface area contributed by atoms with Gasteiger partial charge < -0.3 is 14.4 Å². The Morgan fingerprint density at radius 1 is 1.25 bits per heavy atom. The number of benzene rings is 1. The van der Waals surface area contributed by atoms with Crippen LogP contribution >= 0.6 is 0 Å². The van der Waals surface area contributed by atoms with Gasteiger partial charge in [0.05, 0.1) is 13.2 Å². The van der Waals surface area contributed by atoms with Crippen LogP contribution in [0.3, 0.4) is 0 Å². The van der Waals surface area contributed by atoms with Crippen LogP contribution in [0.25, 0.3) is 5.57 Å². The largest absolute Gasteiger partial charge is 0.371 e. The lowest BCUT2D eigenvalue weighted by Crippen LogP contribution is -2.35. The van der Waals surface area contributed by atoms with Crippen molar-refractivity contribution in [3.63, 3.8) is 0 Å². The Morgan fingerprint density at radius 3 is 2.88 bits per heavy atom. The van der Waals surface area contributed by atoms with Crippen molar-refractivity contribution in [2.24, 2.45) is 5.92 Å². The van der Waals surface area contributed by atoms with Crippen molar-refractivity contribution in [2.45, 2.75) is 51.2 Å². The Morgan fingerprint density at radius 2 is 2.12 bits per heavy atom. The number of hydrogen-bond acceptors (Lipinski definition) is 3. The highest BCUT2D eigenvalue weighted by molar-refractivity contribution is 5.70. The number of rotatable bonds is 3. The number of nitrogens with zero attached hydrogens (tertiary/aromatic N) is 1. The monoisotopic (exact) mass is 327 g/mol. The molecule has 2 heterocycles. The molecule has 24 heavy (non-hydrogen) atoms. The van der Waals surface area contributed by atoms with Gasteiger partial charge in [0.2, 0.25) is 0 Å². The Balaban J connectivity index is 1.50. The molecular formula is C21H29NO2. The molecule has 1 spiro atoms. The van der Waals surface area contributed by atoms with E-state index < -0.39 is 0 Å². The molecule has 2 saturated heterocycles. The summed E-state index contributed by atoms with van der Waals surface area (Å²) >= 11 is 0. The van der Waals surface area contributed by atoms with Crippen molar-refractivity contribution < 1.29 is 9.47 Å². The second-order valence-corrected chi connectivity index (χ2v) is 7.45. The van der Waals surface area contributed by atoms with Gasteiger partial charge in [0, 0.05) is 31.6 Å². The van der Waals surface area contributed by atoms with E-state index in [1.54, 1.807) is 0 Å². The van der Waals surface area contributed by atoms with Crippen LogP contribution in [0.4, 0.5) is 5.69 Å². The third-order valence-electron chi connectivity index (χ3n) is 5.93. The first-order valence-electron chi connectivity index (χ1n) is 9.60. The molecule has 1 aliphatic carbocycles. The van der Waals surface area contributed by atoms with Gasteiger partial charge in [0.25, 0.3) is 0 Å². The average Bonchev–Trinajstić information content (AvgIpc) is 3.10. The maximum absolute atomic E-state index is 5.83. The van der Waals surface area contributed by atoms with Crippen molar-refractivity contribution in [1.29, 1.82) is 0 Å². The van der Waals surface area contributed by atoms with Gasteiger partial charge in [0.1, 0.15) is 0 Å². The van der Waals surface area contributed by atoms with Gasteiger partial charge in [-0.1, -0.05) is 31.6 Å². The second-order valence-electron chi connectivity index (χ2n) is 7.45. The van der Waals surface area contributed by atoms with Crippen LogP contribution < -0.4 is 4.90 Å². The summed E-state index contributed by atoms with van der Waals surface area (Å²) in [4.78, 5) is 2.58. The zero-order chi connectivity index (χ0) is 16.4. The zero-order valence-corrected chi connectivity index (χ0v) is 14.8. The lowest BCUT2D eigenvalue weighted by molar-refractivity contribution is -0.159. The zero-order valence-electron chi connectivity index (χ0n) is 14.8. The molecule has 130 valence electrons. The van der Waals surface area contributed by atoms with E-state index >= 15 is 0 Å². The molecular weight excluding hydrogens is 298 g/mol. The first-order chi connectivity index (χ1) is 11.8. The maximum atomic E-state index is 5.83. The van der Waals surface area contributed by atoms with Crippen LogP contribution in [0.1, 0.15) is 51.0 Å². The molecule has 3 nitrogen and oxygen atoms in total. The summed E-state index contributed by atoms with van der Waals surface area (Å²) in [6, 6.07) is 9.13. The van der Waals surface area contributed by atoms with Gasteiger partial charge in [-0.15, -0.1) is 0 Å². The summed E-state index contributed by atoms with van der Waals surface area (Å²) in [5.74, 6) is 0.537. The van der Waals surface area contributed by atoms with Gasteiger partial charge in [-0.25, -0.2) is 0 Å². The first-order valence-corrected chi connectivity index (χ1v) is 9.60. The molecule has 1 atom stereocenters. The van der Waals surface area contributed by atoms with E-state index in [-0.39, 0.29) is 5.79 Å². The minimum Gasteiger partial charge on any atom is -0.371 e. The fourth-order valence-corrected chi connectivity index (χ4v) is 4.36. The Hall–Kier alpha value is -1.32. The molecule has 1 unspecified atom stereocenters. The molecule has 2 aliphatic heterocycles. The smallest absolute Gasteiger partial charge is 0.172 e. The van der Waals surface area contributed by atoms with Crippen molar-refractivity contribution >= 4 is 11.3 Å². The SMILES string of the molecule is CCC1CCCN(c2cccc(C3=CCC4(CC3)OCCO4)c2)C1.